The zero-order chi connectivity index (χ0) is 13.5. The number of para-hydroxylation sites is 1. The summed E-state index contributed by atoms with van der Waals surface area (Å²) in [4.78, 5) is 4.55. The number of rotatable bonds is 2. The van der Waals surface area contributed by atoms with Crippen LogP contribution in [0.1, 0.15) is 5.69 Å². The van der Waals surface area contributed by atoms with Crippen LogP contribution in [-0.4, -0.2) is 24.4 Å². The number of hydrogen-bond acceptors (Lipinski definition) is 3. The average Bonchev–Trinajstić information content (AvgIpc) is 3.03. The molecule has 3 heterocycles. The Morgan fingerprint density at radius 3 is 2.90 bits per heavy atom. The smallest absolute Gasteiger partial charge is 0.137 e. The standard InChI is InChI=1S/C14H10ClN5/c15-10-5-6-14-16-11(8-19(14)7-10)9-20-13-4-2-1-3-12(13)17-18-20/h1-8H,9H2. The molecular formula is C14H10ClN5. The van der Waals surface area contributed by atoms with Crippen molar-refractivity contribution in [1.29, 1.82) is 0 Å². The zero-order valence-corrected chi connectivity index (χ0v) is 11.2. The van der Waals surface area contributed by atoms with Gasteiger partial charge in [0.25, 0.3) is 0 Å². The van der Waals surface area contributed by atoms with E-state index in [1.54, 1.807) is 0 Å². The molecule has 0 unspecified atom stereocenters. The molecule has 20 heavy (non-hydrogen) atoms. The lowest BCUT2D eigenvalue weighted by atomic mass is 10.3. The minimum atomic E-state index is 0.583. The van der Waals surface area contributed by atoms with Gasteiger partial charge in [-0.1, -0.05) is 28.9 Å². The lowest BCUT2D eigenvalue weighted by Crippen LogP contribution is -2.01. The van der Waals surface area contributed by atoms with Crippen LogP contribution < -0.4 is 0 Å². The van der Waals surface area contributed by atoms with Crippen molar-refractivity contribution in [2.75, 3.05) is 0 Å². The number of halogens is 1. The molecule has 0 radical (unpaired) electrons. The van der Waals surface area contributed by atoms with Crippen molar-refractivity contribution in [2.24, 2.45) is 0 Å². The lowest BCUT2D eigenvalue weighted by molar-refractivity contribution is 0.660. The predicted molar refractivity (Wildman–Crippen MR) is 76.8 cm³/mol. The number of aromatic nitrogens is 5. The Balaban J connectivity index is 1.76. The minimum absolute atomic E-state index is 0.583. The van der Waals surface area contributed by atoms with E-state index in [0.29, 0.717) is 11.6 Å². The van der Waals surface area contributed by atoms with Crippen molar-refractivity contribution >= 4 is 28.3 Å². The molecule has 0 N–H and O–H groups in total. The molecule has 4 aromatic rings. The van der Waals surface area contributed by atoms with Crippen molar-refractivity contribution in [2.45, 2.75) is 6.54 Å². The highest BCUT2D eigenvalue weighted by Crippen LogP contribution is 2.14. The van der Waals surface area contributed by atoms with Gasteiger partial charge in [0.1, 0.15) is 11.2 Å². The molecule has 4 rings (SSSR count). The highest BCUT2D eigenvalue weighted by Gasteiger charge is 2.07. The van der Waals surface area contributed by atoms with Crippen LogP contribution in [-0.2, 0) is 6.54 Å². The summed E-state index contributed by atoms with van der Waals surface area (Å²) >= 11 is 5.97. The molecule has 6 heteroatoms. The summed E-state index contributed by atoms with van der Waals surface area (Å²) in [7, 11) is 0. The van der Waals surface area contributed by atoms with E-state index in [1.165, 1.54) is 0 Å². The summed E-state index contributed by atoms with van der Waals surface area (Å²) < 4.78 is 3.76. The molecule has 0 spiro atoms. The first kappa shape index (κ1) is 11.4. The Bertz CT molecular complexity index is 908. The number of nitrogens with zero attached hydrogens (tertiary/aromatic N) is 5. The molecule has 0 aliphatic rings. The Kier molecular flexibility index (Phi) is 2.47. The van der Waals surface area contributed by atoms with Gasteiger partial charge in [-0.05, 0) is 24.3 Å². The normalized spacial score (nSPS) is 11.4. The topological polar surface area (TPSA) is 48.0 Å². The van der Waals surface area contributed by atoms with Crippen LogP contribution >= 0.6 is 11.6 Å². The molecule has 0 amide bonds. The highest BCUT2D eigenvalue weighted by atomic mass is 35.5. The second kappa shape index (κ2) is 4.31. The molecular weight excluding hydrogens is 274 g/mol. The van der Waals surface area contributed by atoms with Gasteiger partial charge in [-0.25, -0.2) is 9.67 Å². The Morgan fingerprint density at radius 1 is 1.05 bits per heavy atom. The summed E-state index contributed by atoms with van der Waals surface area (Å²) in [5.41, 5.74) is 3.68. The Hall–Kier alpha value is -2.40. The van der Waals surface area contributed by atoms with Crippen LogP contribution in [0.3, 0.4) is 0 Å². The van der Waals surface area contributed by atoms with Gasteiger partial charge in [-0.2, -0.15) is 0 Å². The van der Waals surface area contributed by atoms with Gasteiger partial charge in [-0.15, -0.1) is 5.10 Å². The fourth-order valence-electron chi connectivity index (χ4n) is 2.28. The Morgan fingerprint density at radius 2 is 1.95 bits per heavy atom. The SMILES string of the molecule is Clc1ccc2nc(Cn3nnc4ccccc43)cn2c1. The quantitative estimate of drug-likeness (QED) is 0.568. The molecule has 0 atom stereocenters. The van der Waals surface area contributed by atoms with Crippen LogP contribution in [0.5, 0.6) is 0 Å². The van der Waals surface area contributed by atoms with Crippen LogP contribution in [0, 0.1) is 0 Å². The van der Waals surface area contributed by atoms with E-state index in [4.69, 9.17) is 11.6 Å². The van der Waals surface area contributed by atoms with Gasteiger partial charge in [0, 0.05) is 12.4 Å². The van der Waals surface area contributed by atoms with Gasteiger partial charge >= 0.3 is 0 Å². The second-order valence-corrected chi connectivity index (χ2v) is 5.02. The third kappa shape index (κ3) is 1.83. The van der Waals surface area contributed by atoms with E-state index in [-0.39, 0.29) is 0 Å². The van der Waals surface area contributed by atoms with Gasteiger partial charge in [0.05, 0.1) is 22.8 Å². The molecule has 0 saturated carbocycles. The lowest BCUT2D eigenvalue weighted by Gasteiger charge is -1.97. The Labute approximate surface area is 119 Å². The maximum atomic E-state index is 5.97. The van der Waals surface area contributed by atoms with Gasteiger partial charge < -0.3 is 4.40 Å². The fraction of sp³-hybridized carbons (Fsp3) is 0.0714. The summed E-state index contributed by atoms with van der Waals surface area (Å²) in [6.45, 7) is 0.583. The number of imidazole rings is 1. The number of benzene rings is 1. The van der Waals surface area contributed by atoms with Crippen molar-refractivity contribution in [3.05, 3.63) is 59.5 Å². The van der Waals surface area contributed by atoms with Crippen LogP contribution in [0.4, 0.5) is 0 Å². The van der Waals surface area contributed by atoms with E-state index in [0.717, 1.165) is 22.4 Å². The van der Waals surface area contributed by atoms with Crippen LogP contribution in [0.15, 0.2) is 48.8 Å². The first-order chi connectivity index (χ1) is 9.79. The van der Waals surface area contributed by atoms with Gasteiger partial charge in [0.2, 0.25) is 0 Å². The number of fused-ring (bicyclic) bond motifs is 2. The zero-order valence-electron chi connectivity index (χ0n) is 10.4. The van der Waals surface area contributed by atoms with Crippen molar-refractivity contribution in [1.82, 2.24) is 24.4 Å². The molecule has 0 aliphatic carbocycles. The predicted octanol–water partition coefficient (Wildman–Crippen LogP) is 2.78. The fourth-order valence-corrected chi connectivity index (χ4v) is 2.45. The maximum absolute atomic E-state index is 5.97. The molecule has 0 aliphatic heterocycles. The summed E-state index contributed by atoms with van der Waals surface area (Å²) in [6, 6.07) is 11.6. The van der Waals surface area contributed by atoms with Crippen molar-refractivity contribution in [3.8, 4) is 0 Å². The third-order valence-corrected chi connectivity index (χ3v) is 3.42. The van der Waals surface area contributed by atoms with Crippen molar-refractivity contribution in [3.63, 3.8) is 0 Å². The van der Waals surface area contributed by atoms with Crippen LogP contribution in [0.25, 0.3) is 16.7 Å². The average molecular weight is 284 g/mol. The molecule has 3 aromatic heterocycles. The molecule has 0 bridgehead atoms. The van der Waals surface area contributed by atoms with Gasteiger partial charge in [0.15, 0.2) is 0 Å². The highest BCUT2D eigenvalue weighted by molar-refractivity contribution is 6.30. The van der Waals surface area contributed by atoms with E-state index >= 15 is 0 Å². The molecule has 98 valence electrons. The largest absolute Gasteiger partial charge is 0.305 e. The minimum Gasteiger partial charge on any atom is -0.305 e. The summed E-state index contributed by atoms with van der Waals surface area (Å²) in [6.07, 6.45) is 3.80. The second-order valence-electron chi connectivity index (χ2n) is 4.58. The van der Waals surface area contributed by atoms with E-state index < -0.39 is 0 Å². The first-order valence-corrected chi connectivity index (χ1v) is 6.59. The first-order valence-electron chi connectivity index (χ1n) is 6.21. The van der Waals surface area contributed by atoms with E-state index in [1.807, 2.05) is 57.9 Å². The number of hydrogen-bond donors (Lipinski definition) is 0. The third-order valence-electron chi connectivity index (χ3n) is 3.20. The van der Waals surface area contributed by atoms with E-state index in [2.05, 4.69) is 15.3 Å². The molecule has 0 saturated heterocycles. The summed E-state index contributed by atoms with van der Waals surface area (Å²) in [5, 5.41) is 9.00. The number of pyridine rings is 1. The molecule has 5 nitrogen and oxygen atoms in total. The van der Waals surface area contributed by atoms with Crippen molar-refractivity contribution < 1.29 is 0 Å². The maximum Gasteiger partial charge on any atom is 0.137 e. The monoisotopic (exact) mass is 283 g/mol. The van der Waals surface area contributed by atoms with Crippen LogP contribution in [0.2, 0.25) is 5.02 Å². The molecule has 0 fully saturated rings. The van der Waals surface area contributed by atoms with E-state index in [9.17, 15) is 0 Å². The molecule has 1 aromatic carbocycles. The van der Waals surface area contributed by atoms with Gasteiger partial charge in [-0.3, -0.25) is 0 Å². The summed E-state index contributed by atoms with van der Waals surface area (Å²) in [5.74, 6) is 0.